The van der Waals surface area contributed by atoms with Crippen LogP contribution in [0.2, 0.25) is 0 Å². The van der Waals surface area contributed by atoms with Crippen molar-refractivity contribution >= 4 is 57.7 Å². The number of epoxide rings is 1. The van der Waals surface area contributed by atoms with E-state index in [4.69, 9.17) is 19.4 Å². The Kier molecular flexibility index (Phi) is 14.0. The van der Waals surface area contributed by atoms with Crippen molar-refractivity contribution in [2.24, 2.45) is 5.16 Å². The van der Waals surface area contributed by atoms with Gasteiger partial charge in [-0.1, -0.05) is 74.3 Å². The van der Waals surface area contributed by atoms with Gasteiger partial charge in [0.25, 0.3) is 0 Å². The third-order valence-electron chi connectivity index (χ3n) is 7.48. The number of unbranched alkanes of at least 4 members (excludes halogenated alkanes) is 1. The first-order valence-corrected chi connectivity index (χ1v) is 15.6. The predicted octanol–water partition coefficient (Wildman–Crippen LogP) is 7.40. The lowest BCUT2D eigenvalue weighted by molar-refractivity contribution is -0.140. The molecule has 0 amide bonds. The summed E-state index contributed by atoms with van der Waals surface area (Å²) in [5, 5.41) is 25.6. The van der Waals surface area contributed by atoms with Gasteiger partial charge in [0.05, 0.1) is 25.5 Å². The smallest absolute Gasteiger partial charge is 0.360 e. The van der Waals surface area contributed by atoms with Crippen molar-refractivity contribution in [2.45, 2.75) is 58.5 Å². The summed E-state index contributed by atoms with van der Waals surface area (Å²) >= 11 is 0. The number of carbonyl (C=O) groups excluding carboxylic acids is 2. The zero-order valence-corrected chi connectivity index (χ0v) is 27.3. The van der Waals surface area contributed by atoms with Crippen molar-refractivity contribution in [1.82, 2.24) is 0 Å². The molecule has 0 saturated carbocycles. The van der Waals surface area contributed by atoms with Gasteiger partial charge in [-0.25, -0.2) is 19.2 Å². The fraction of sp³-hybridized carbons (Fsp3) is 0.289. The second-order valence-electron chi connectivity index (χ2n) is 11.3. The number of hydrogen-bond donors (Lipinski definition) is 2. The molecule has 0 bridgehead atoms. The van der Waals surface area contributed by atoms with Crippen molar-refractivity contribution in [2.75, 3.05) is 13.2 Å². The average molecular weight is 656 g/mol. The highest BCUT2D eigenvalue weighted by Crippen LogP contribution is 2.31. The number of carboxylic acids is 2. The van der Waals surface area contributed by atoms with Gasteiger partial charge >= 0.3 is 23.9 Å². The maximum atomic E-state index is 11.7. The first kappa shape index (κ1) is 37.1. The predicted molar refractivity (Wildman–Crippen MR) is 186 cm³/mol. The summed E-state index contributed by atoms with van der Waals surface area (Å²) in [5.41, 5.74) is 2.72. The van der Waals surface area contributed by atoms with Crippen LogP contribution in [0, 0.1) is 0 Å². The van der Waals surface area contributed by atoms with Crippen LogP contribution in [0.5, 0.6) is 0 Å². The molecule has 0 aliphatic carbocycles. The highest BCUT2D eigenvalue weighted by molar-refractivity contribution is 6.16. The number of rotatable bonds is 16. The third-order valence-corrected chi connectivity index (χ3v) is 7.48. The third kappa shape index (κ3) is 11.2. The number of aliphatic carboxylic acids is 2. The van der Waals surface area contributed by atoms with E-state index >= 15 is 0 Å². The molecule has 48 heavy (non-hydrogen) atoms. The van der Waals surface area contributed by atoms with Crippen LogP contribution in [0.1, 0.15) is 63.5 Å². The van der Waals surface area contributed by atoms with Gasteiger partial charge in [-0.3, -0.25) is 0 Å². The lowest BCUT2D eigenvalue weighted by atomic mass is 9.93. The van der Waals surface area contributed by atoms with E-state index in [0.29, 0.717) is 43.3 Å². The van der Waals surface area contributed by atoms with Gasteiger partial charge in [0.2, 0.25) is 0 Å². The van der Waals surface area contributed by atoms with Crippen molar-refractivity contribution in [3.8, 4) is 0 Å². The number of ether oxygens (including phenoxy) is 2. The number of benzene rings is 3. The highest BCUT2D eigenvalue weighted by Gasteiger charge is 2.23. The van der Waals surface area contributed by atoms with E-state index in [-0.39, 0.29) is 29.8 Å². The van der Waals surface area contributed by atoms with Gasteiger partial charge in [0.15, 0.2) is 0 Å². The van der Waals surface area contributed by atoms with E-state index in [1.54, 1.807) is 19.9 Å². The Hall–Kier alpha value is -5.35. The topological polar surface area (TPSA) is 152 Å². The molecule has 0 aromatic heterocycles. The molecule has 10 nitrogen and oxygen atoms in total. The number of hydrogen-bond acceptors (Lipinski definition) is 8. The van der Waals surface area contributed by atoms with Gasteiger partial charge < -0.3 is 24.5 Å². The Balaban J connectivity index is 0.000000286. The molecule has 10 heteroatoms. The molecule has 1 fully saturated rings. The maximum absolute atomic E-state index is 11.7. The molecule has 3 aromatic carbocycles. The van der Waals surface area contributed by atoms with Crippen LogP contribution in [0.3, 0.4) is 0 Å². The number of oxime groups is 1. The normalized spacial score (nSPS) is 13.8. The molecule has 1 aliphatic rings. The number of carbonyl (C=O) groups is 4. The largest absolute Gasteiger partial charge is 0.478 e. The summed E-state index contributed by atoms with van der Waals surface area (Å²) in [6, 6.07) is 15.6. The summed E-state index contributed by atoms with van der Waals surface area (Å²) in [5.74, 6) is -2.91. The van der Waals surface area contributed by atoms with E-state index in [1.807, 2.05) is 48.5 Å². The zero-order valence-electron chi connectivity index (χ0n) is 27.3. The maximum Gasteiger partial charge on any atom is 0.360 e. The van der Waals surface area contributed by atoms with E-state index in [1.165, 1.54) is 6.21 Å². The molecular formula is C38H41NO9. The second kappa shape index (κ2) is 18.1. The number of fused-ring (bicyclic) bond motifs is 2. The first-order chi connectivity index (χ1) is 22.9. The van der Waals surface area contributed by atoms with Crippen LogP contribution in [-0.2, 0) is 33.5 Å². The van der Waals surface area contributed by atoms with Crippen molar-refractivity contribution in [3.63, 3.8) is 0 Å². The van der Waals surface area contributed by atoms with Crippen molar-refractivity contribution in [1.29, 1.82) is 0 Å². The number of nitrogens with zero attached hydrogens (tertiary/aromatic N) is 1. The van der Waals surface area contributed by atoms with E-state index in [0.717, 1.165) is 45.7 Å². The molecule has 1 heterocycles. The standard InChI is InChI=1S/C24H21NO4.C14H20O5/c1-4-16(23(26)27)12-18-9-7-10-19-13-17-8-5-6-11-20(17)21(22(18)19)14-25-29-24(28)15(2)3;1-10(13(15)16)5-3-4-8-18-14(17)11(2)6-7-12-9-19-12/h5-14H,2,4H2,1,3H3,(H,26,27);12H,1-9H2,(H,15,16). The molecule has 1 atom stereocenters. The van der Waals surface area contributed by atoms with Crippen LogP contribution >= 0.6 is 0 Å². The van der Waals surface area contributed by atoms with Gasteiger partial charge in [-0.15, -0.1) is 0 Å². The molecule has 4 rings (SSSR count). The van der Waals surface area contributed by atoms with Crippen molar-refractivity contribution < 1.29 is 43.7 Å². The quantitative estimate of drug-likeness (QED) is 0.0235. The minimum absolute atomic E-state index is 0.181. The molecular weight excluding hydrogens is 614 g/mol. The van der Waals surface area contributed by atoms with Gasteiger partial charge in [-0.2, -0.15) is 0 Å². The summed E-state index contributed by atoms with van der Waals surface area (Å²) in [4.78, 5) is 50.1. The second-order valence-corrected chi connectivity index (χ2v) is 11.3. The summed E-state index contributed by atoms with van der Waals surface area (Å²) < 4.78 is 10.1. The molecule has 252 valence electrons. The molecule has 1 saturated heterocycles. The lowest BCUT2D eigenvalue weighted by Gasteiger charge is -2.11. The Morgan fingerprint density at radius 3 is 2.29 bits per heavy atom. The summed E-state index contributed by atoms with van der Waals surface area (Å²) in [7, 11) is 0. The summed E-state index contributed by atoms with van der Waals surface area (Å²) in [6.07, 6.45) is 6.94. The lowest BCUT2D eigenvalue weighted by Crippen LogP contribution is -2.09. The monoisotopic (exact) mass is 655 g/mol. The van der Waals surface area contributed by atoms with E-state index in [9.17, 15) is 24.3 Å². The van der Waals surface area contributed by atoms with Gasteiger partial charge in [0, 0.05) is 27.9 Å². The van der Waals surface area contributed by atoms with Gasteiger partial charge in [-0.05, 0) is 84.7 Å². The fourth-order valence-corrected chi connectivity index (χ4v) is 4.64. The zero-order chi connectivity index (χ0) is 35.2. The Morgan fingerprint density at radius 2 is 1.65 bits per heavy atom. The first-order valence-electron chi connectivity index (χ1n) is 15.6. The molecule has 0 spiro atoms. The van der Waals surface area contributed by atoms with Gasteiger partial charge in [0.1, 0.15) is 0 Å². The SMILES string of the molecule is C=C(C)C(=O)ON=Cc1c2ccccc2cc2cccc(C=C(CC)C(=O)O)c12.C=C(CCCCOC(=O)C(=C)CCC1CO1)C(=O)O. The molecule has 1 aliphatic heterocycles. The van der Waals surface area contributed by atoms with E-state index in [2.05, 4.69) is 24.9 Å². The number of carboxylic acid groups (broad SMARTS) is 2. The average Bonchev–Trinajstić information content (AvgIpc) is 3.90. The molecule has 3 aromatic rings. The van der Waals surface area contributed by atoms with Crippen LogP contribution in [0.15, 0.2) is 95.7 Å². The Labute approximate surface area is 279 Å². The number of esters is 1. The Bertz CT molecular complexity index is 1780. The van der Waals surface area contributed by atoms with Crippen LogP contribution in [0.25, 0.3) is 27.6 Å². The fourth-order valence-electron chi connectivity index (χ4n) is 4.64. The molecule has 2 N–H and O–H groups in total. The summed E-state index contributed by atoms with van der Waals surface area (Å²) in [6.45, 7) is 15.1. The Morgan fingerprint density at radius 1 is 0.938 bits per heavy atom. The highest BCUT2D eigenvalue weighted by atomic mass is 16.7. The molecule has 1 unspecified atom stereocenters. The van der Waals surface area contributed by atoms with Crippen molar-refractivity contribution in [3.05, 3.63) is 102 Å². The van der Waals surface area contributed by atoms with Crippen LogP contribution in [0.4, 0.5) is 0 Å². The minimum atomic E-state index is -0.979. The van der Waals surface area contributed by atoms with Crippen LogP contribution in [-0.4, -0.2) is 59.6 Å². The van der Waals surface area contributed by atoms with Crippen LogP contribution < -0.4 is 0 Å². The minimum Gasteiger partial charge on any atom is -0.478 e. The molecule has 0 radical (unpaired) electrons. The van der Waals surface area contributed by atoms with E-state index < -0.39 is 17.9 Å².